The fraction of sp³-hybridized carbons (Fsp3) is 0.381. The lowest BCUT2D eigenvalue weighted by atomic mass is 10.1. The molecule has 0 bridgehead atoms. The second-order valence-electron chi connectivity index (χ2n) is 6.51. The zero-order valence-corrected chi connectivity index (χ0v) is 18.6. The summed E-state index contributed by atoms with van der Waals surface area (Å²) in [7, 11) is 3.39. The molecule has 152 valence electrons. The van der Waals surface area contributed by atoms with Crippen molar-refractivity contribution >= 4 is 29.9 Å². The maximum Gasteiger partial charge on any atom is 0.193 e. The summed E-state index contributed by atoms with van der Waals surface area (Å²) in [6.45, 7) is 2.23. The summed E-state index contributed by atoms with van der Waals surface area (Å²) in [5, 5.41) is 13.4. The van der Waals surface area contributed by atoms with Crippen molar-refractivity contribution in [2.24, 2.45) is 4.99 Å². The molecule has 2 aromatic carbocycles. The average molecular weight is 497 g/mol. The van der Waals surface area contributed by atoms with Crippen molar-refractivity contribution in [3.8, 4) is 17.2 Å². The zero-order chi connectivity index (χ0) is 19.1. The van der Waals surface area contributed by atoms with Crippen LogP contribution in [0.1, 0.15) is 18.4 Å². The standard InChI is InChI=1S/C21H27N3O3.HI/c1-22-21(23-15-16-14-19(26-2)8-9-20(16)25)24-12-10-18(11-13-24)27-17-6-4-3-5-7-17;/h3-9,14,18,25H,10-13,15H2,1-2H3,(H,22,23);1H. The molecular weight excluding hydrogens is 469 g/mol. The first-order valence-corrected chi connectivity index (χ1v) is 9.23. The van der Waals surface area contributed by atoms with Gasteiger partial charge in [-0.15, -0.1) is 24.0 Å². The molecule has 1 aliphatic heterocycles. The quantitative estimate of drug-likeness (QED) is 0.375. The van der Waals surface area contributed by atoms with Gasteiger partial charge in [-0.1, -0.05) is 18.2 Å². The predicted octanol–water partition coefficient (Wildman–Crippen LogP) is 3.64. The molecule has 1 aliphatic rings. The molecule has 0 radical (unpaired) electrons. The predicted molar refractivity (Wildman–Crippen MR) is 122 cm³/mol. The molecule has 0 spiro atoms. The summed E-state index contributed by atoms with van der Waals surface area (Å²) < 4.78 is 11.3. The van der Waals surface area contributed by atoms with Gasteiger partial charge in [0.1, 0.15) is 23.4 Å². The van der Waals surface area contributed by atoms with Gasteiger partial charge in [-0.2, -0.15) is 0 Å². The number of ether oxygens (including phenoxy) is 2. The summed E-state index contributed by atoms with van der Waals surface area (Å²) in [6.07, 6.45) is 2.11. The number of aromatic hydroxyl groups is 1. The number of hydrogen-bond donors (Lipinski definition) is 2. The monoisotopic (exact) mass is 497 g/mol. The van der Waals surface area contributed by atoms with E-state index in [1.54, 1.807) is 26.3 Å². The van der Waals surface area contributed by atoms with Gasteiger partial charge in [0.15, 0.2) is 5.96 Å². The Hall–Kier alpha value is -2.16. The van der Waals surface area contributed by atoms with Crippen LogP contribution in [0.25, 0.3) is 0 Å². The molecule has 7 heteroatoms. The van der Waals surface area contributed by atoms with Crippen molar-refractivity contribution in [2.45, 2.75) is 25.5 Å². The highest BCUT2D eigenvalue weighted by Gasteiger charge is 2.22. The Morgan fingerprint density at radius 2 is 1.86 bits per heavy atom. The second-order valence-corrected chi connectivity index (χ2v) is 6.51. The van der Waals surface area contributed by atoms with E-state index < -0.39 is 0 Å². The van der Waals surface area contributed by atoms with Gasteiger partial charge in [0.05, 0.1) is 7.11 Å². The summed E-state index contributed by atoms with van der Waals surface area (Å²) in [5.41, 5.74) is 0.776. The first-order chi connectivity index (χ1) is 13.2. The number of hydrogen-bond acceptors (Lipinski definition) is 4. The van der Waals surface area contributed by atoms with Crippen LogP contribution in [0.3, 0.4) is 0 Å². The van der Waals surface area contributed by atoms with Crippen molar-refractivity contribution in [1.29, 1.82) is 0 Å². The molecule has 28 heavy (non-hydrogen) atoms. The van der Waals surface area contributed by atoms with Crippen LogP contribution in [-0.2, 0) is 6.54 Å². The summed E-state index contributed by atoms with van der Waals surface area (Å²) in [6, 6.07) is 15.2. The van der Waals surface area contributed by atoms with Gasteiger partial charge in [0, 0.05) is 45.1 Å². The number of likely N-dealkylation sites (tertiary alicyclic amines) is 1. The third-order valence-corrected chi connectivity index (χ3v) is 4.72. The van der Waals surface area contributed by atoms with Crippen molar-refractivity contribution in [3.63, 3.8) is 0 Å². The molecule has 2 N–H and O–H groups in total. The van der Waals surface area contributed by atoms with Gasteiger partial charge in [-0.25, -0.2) is 0 Å². The highest BCUT2D eigenvalue weighted by atomic mass is 127. The molecule has 0 aromatic heterocycles. The van der Waals surface area contributed by atoms with Crippen LogP contribution in [0.4, 0.5) is 0 Å². The Labute approximate surface area is 183 Å². The molecule has 0 atom stereocenters. The first-order valence-electron chi connectivity index (χ1n) is 9.23. The Morgan fingerprint density at radius 1 is 1.14 bits per heavy atom. The number of halogens is 1. The number of phenolic OH excluding ortho intramolecular Hbond substituents is 1. The fourth-order valence-corrected chi connectivity index (χ4v) is 3.21. The highest BCUT2D eigenvalue weighted by Crippen LogP contribution is 2.23. The number of nitrogens with zero attached hydrogens (tertiary/aromatic N) is 2. The molecule has 3 rings (SSSR count). The molecule has 1 heterocycles. The minimum Gasteiger partial charge on any atom is -0.508 e. The smallest absolute Gasteiger partial charge is 0.193 e. The molecule has 1 fully saturated rings. The molecule has 0 aliphatic carbocycles. The van der Waals surface area contributed by atoms with Crippen molar-refractivity contribution in [3.05, 3.63) is 54.1 Å². The van der Waals surface area contributed by atoms with E-state index in [1.165, 1.54) is 0 Å². The SMILES string of the molecule is CN=C(NCc1cc(OC)ccc1O)N1CCC(Oc2ccccc2)CC1.I. The number of aliphatic imine (C=N–C) groups is 1. The van der Waals surface area contributed by atoms with Gasteiger partial charge in [-0.3, -0.25) is 4.99 Å². The summed E-state index contributed by atoms with van der Waals surface area (Å²) in [4.78, 5) is 6.61. The molecule has 1 saturated heterocycles. The summed E-state index contributed by atoms with van der Waals surface area (Å²) >= 11 is 0. The zero-order valence-electron chi connectivity index (χ0n) is 16.3. The van der Waals surface area contributed by atoms with Crippen LogP contribution in [0.5, 0.6) is 17.2 Å². The van der Waals surface area contributed by atoms with Crippen LogP contribution in [-0.4, -0.2) is 49.3 Å². The maximum atomic E-state index is 10.0. The number of rotatable bonds is 5. The minimum absolute atomic E-state index is 0. The van der Waals surface area contributed by atoms with Crippen LogP contribution < -0.4 is 14.8 Å². The minimum atomic E-state index is 0. The lowest BCUT2D eigenvalue weighted by molar-refractivity contribution is 0.129. The number of guanidine groups is 1. The third-order valence-electron chi connectivity index (χ3n) is 4.72. The topological polar surface area (TPSA) is 66.3 Å². The van der Waals surface area contributed by atoms with E-state index in [1.807, 2.05) is 36.4 Å². The Kier molecular flexibility index (Phi) is 8.69. The van der Waals surface area contributed by atoms with Crippen LogP contribution >= 0.6 is 24.0 Å². The van der Waals surface area contributed by atoms with E-state index in [2.05, 4.69) is 15.2 Å². The maximum absolute atomic E-state index is 10.0. The van der Waals surface area contributed by atoms with Crippen LogP contribution in [0.2, 0.25) is 0 Å². The number of phenols is 1. The molecule has 0 saturated carbocycles. The van der Waals surface area contributed by atoms with Gasteiger partial charge in [0.25, 0.3) is 0 Å². The van der Waals surface area contributed by atoms with E-state index >= 15 is 0 Å². The first kappa shape index (κ1) is 22.1. The number of piperidine rings is 1. The number of methoxy groups -OCH3 is 1. The highest BCUT2D eigenvalue weighted by molar-refractivity contribution is 14.0. The number of para-hydroxylation sites is 1. The Balaban J connectivity index is 0.00000280. The van der Waals surface area contributed by atoms with Crippen molar-refractivity contribution in [1.82, 2.24) is 10.2 Å². The van der Waals surface area contributed by atoms with E-state index in [0.717, 1.165) is 49.0 Å². The van der Waals surface area contributed by atoms with Crippen LogP contribution in [0.15, 0.2) is 53.5 Å². The second kappa shape index (κ2) is 11.0. The molecule has 0 unspecified atom stereocenters. The Bertz CT molecular complexity index is 763. The Morgan fingerprint density at radius 3 is 2.50 bits per heavy atom. The van der Waals surface area contributed by atoms with E-state index in [9.17, 15) is 5.11 Å². The van der Waals surface area contributed by atoms with Gasteiger partial charge >= 0.3 is 0 Å². The van der Waals surface area contributed by atoms with E-state index in [0.29, 0.717) is 6.54 Å². The molecule has 0 amide bonds. The summed E-state index contributed by atoms with van der Waals surface area (Å²) in [5.74, 6) is 2.72. The number of nitrogens with one attached hydrogen (secondary N) is 1. The molecule has 2 aromatic rings. The van der Waals surface area contributed by atoms with E-state index in [-0.39, 0.29) is 35.8 Å². The normalized spacial score (nSPS) is 14.9. The van der Waals surface area contributed by atoms with Crippen molar-refractivity contribution < 1.29 is 14.6 Å². The van der Waals surface area contributed by atoms with Gasteiger partial charge in [0.2, 0.25) is 0 Å². The lowest BCUT2D eigenvalue weighted by Crippen LogP contribution is -2.47. The number of benzene rings is 2. The third kappa shape index (κ3) is 5.92. The van der Waals surface area contributed by atoms with Crippen molar-refractivity contribution in [2.75, 3.05) is 27.2 Å². The average Bonchev–Trinajstić information content (AvgIpc) is 2.71. The largest absolute Gasteiger partial charge is 0.508 e. The lowest BCUT2D eigenvalue weighted by Gasteiger charge is -2.34. The van der Waals surface area contributed by atoms with Gasteiger partial charge in [-0.05, 0) is 30.3 Å². The molecule has 6 nitrogen and oxygen atoms in total. The van der Waals surface area contributed by atoms with Gasteiger partial charge < -0.3 is 24.8 Å². The molecular formula is C21H28IN3O3. The van der Waals surface area contributed by atoms with E-state index in [4.69, 9.17) is 9.47 Å². The van der Waals surface area contributed by atoms with Crippen LogP contribution in [0, 0.1) is 0 Å². The fourth-order valence-electron chi connectivity index (χ4n) is 3.21.